The molecule has 2 rings (SSSR count). The first-order valence-electron chi connectivity index (χ1n) is 9.65. The predicted molar refractivity (Wildman–Crippen MR) is 123 cm³/mol. The zero-order chi connectivity index (χ0) is 20.4. The number of thioether (sulfide) groups is 1. The summed E-state index contributed by atoms with van der Waals surface area (Å²) in [5.41, 5.74) is 1.77. The molecule has 0 aromatic carbocycles. The Balaban J connectivity index is 2.28. The van der Waals surface area contributed by atoms with E-state index in [4.69, 9.17) is 21.9 Å². The first-order chi connectivity index (χ1) is 13.5. The van der Waals surface area contributed by atoms with E-state index in [2.05, 4.69) is 55.3 Å². The number of hydrazone groups is 1. The van der Waals surface area contributed by atoms with Crippen LogP contribution in [0.2, 0.25) is 0 Å². The van der Waals surface area contributed by atoms with Crippen LogP contribution in [0.3, 0.4) is 0 Å². The van der Waals surface area contributed by atoms with Gasteiger partial charge in [0.05, 0.1) is 35.7 Å². The number of fused-ring (bicyclic) bond motifs is 2. The van der Waals surface area contributed by atoms with E-state index >= 15 is 0 Å². The topological polar surface area (TPSA) is 49.8 Å². The van der Waals surface area contributed by atoms with Crippen LogP contribution in [-0.2, 0) is 11.3 Å². The van der Waals surface area contributed by atoms with Crippen molar-refractivity contribution < 1.29 is 4.74 Å². The van der Waals surface area contributed by atoms with Gasteiger partial charge in [-0.25, -0.2) is 4.98 Å². The molecule has 7 heteroatoms. The molecule has 1 aromatic rings. The van der Waals surface area contributed by atoms with Crippen molar-refractivity contribution in [2.75, 3.05) is 19.3 Å². The zero-order valence-electron chi connectivity index (χ0n) is 17.0. The first kappa shape index (κ1) is 22.4. The predicted octanol–water partition coefficient (Wildman–Crippen LogP) is 4.54. The average molecular weight is 419 g/mol. The molecular weight excluding hydrogens is 388 g/mol. The molecule has 1 atom stereocenters. The molecule has 2 heterocycles. The molecular formula is C21H30N4OS2. The summed E-state index contributed by atoms with van der Waals surface area (Å²) in [6.07, 6.45) is 10.7. The van der Waals surface area contributed by atoms with Gasteiger partial charge in [-0.15, -0.1) is 11.8 Å². The van der Waals surface area contributed by atoms with Crippen LogP contribution in [0.5, 0.6) is 0 Å². The van der Waals surface area contributed by atoms with Gasteiger partial charge in [0.25, 0.3) is 0 Å². The van der Waals surface area contributed by atoms with Crippen LogP contribution in [0.1, 0.15) is 44.5 Å². The van der Waals surface area contributed by atoms with Crippen molar-refractivity contribution in [3.05, 3.63) is 48.0 Å². The Bertz CT molecular complexity index is 733. The number of nitrogens with zero attached hydrogens (tertiary/aromatic N) is 3. The molecule has 1 aliphatic heterocycles. The molecule has 0 aliphatic carbocycles. The maximum atomic E-state index is 6.09. The molecule has 2 bridgehead atoms. The Morgan fingerprint density at radius 3 is 2.96 bits per heavy atom. The second-order valence-corrected chi connectivity index (χ2v) is 7.91. The highest BCUT2D eigenvalue weighted by molar-refractivity contribution is 7.98. The number of unbranched alkanes of at least 4 members (excludes halogenated alkanes) is 1. The number of pyridine rings is 1. The quantitative estimate of drug-likeness (QED) is 0.431. The van der Waals surface area contributed by atoms with Crippen molar-refractivity contribution in [2.45, 2.75) is 50.7 Å². The molecule has 28 heavy (non-hydrogen) atoms. The Labute approximate surface area is 178 Å². The molecule has 1 unspecified atom stereocenters. The number of thiocarbonyl (C=S) groups is 1. The highest BCUT2D eigenvalue weighted by Gasteiger charge is 2.14. The van der Waals surface area contributed by atoms with E-state index in [0.717, 1.165) is 40.7 Å². The zero-order valence-corrected chi connectivity index (χ0v) is 18.6. The van der Waals surface area contributed by atoms with E-state index in [-0.39, 0.29) is 6.10 Å². The van der Waals surface area contributed by atoms with Crippen molar-refractivity contribution in [1.29, 1.82) is 0 Å². The summed E-state index contributed by atoms with van der Waals surface area (Å²) in [6.45, 7) is 10.2. The fourth-order valence-electron chi connectivity index (χ4n) is 2.69. The van der Waals surface area contributed by atoms with Gasteiger partial charge in [0.2, 0.25) is 0 Å². The van der Waals surface area contributed by atoms with E-state index in [9.17, 15) is 0 Å². The van der Waals surface area contributed by atoms with E-state index in [1.54, 1.807) is 18.0 Å². The first-order valence-corrected chi connectivity index (χ1v) is 11.3. The van der Waals surface area contributed by atoms with Crippen LogP contribution >= 0.6 is 24.0 Å². The second kappa shape index (κ2) is 11.9. The monoisotopic (exact) mass is 418 g/mol. The number of allylic oxidation sites excluding steroid dienone is 1. The lowest BCUT2D eigenvalue weighted by atomic mass is 10.2. The summed E-state index contributed by atoms with van der Waals surface area (Å²) < 4.78 is 6.09. The Morgan fingerprint density at radius 1 is 1.43 bits per heavy atom. The standard InChI is InChI=1S/C21H30N4OS2/c1-5-7-8-9-19-12-21(27)22-13-17-10-20(28-4)11-18(24-17)14-23-25(6-2)15-16(3)26-19/h8-11,14,19H,3,5-7,12-13,15H2,1-2,4H3,(H,22,27)/b9-8+,23-14?. The van der Waals surface area contributed by atoms with Gasteiger partial charge in [-0.2, -0.15) is 5.10 Å². The van der Waals surface area contributed by atoms with Gasteiger partial charge in [-0.3, -0.25) is 5.01 Å². The summed E-state index contributed by atoms with van der Waals surface area (Å²) in [6, 6.07) is 4.12. The van der Waals surface area contributed by atoms with Crippen molar-refractivity contribution >= 4 is 35.2 Å². The number of hydrogen-bond acceptors (Lipinski definition) is 6. The molecule has 1 aromatic heterocycles. The van der Waals surface area contributed by atoms with Gasteiger partial charge < -0.3 is 10.1 Å². The van der Waals surface area contributed by atoms with Crippen LogP contribution in [0.25, 0.3) is 0 Å². The van der Waals surface area contributed by atoms with Gasteiger partial charge in [-0.1, -0.05) is 38.2 Å². The maximum Gasteiger partial charge on any atom is 0.123 e. The van der Waals surface area contributed by atoms with Crippen molar-refractivity contribution in [2.24, 2.45) is 5.10 Å². The van der Waals surface area contributed by atoms with Crippen molar-refractivity contribution in [3.63, 3.8) is 0 Å². The van der Waals surface area contributed by atoms with E-state index < -0.39 is 0 Å². The molecule has 152 valence electrons. The molecule has 0 saturated carbocycles. The highest BCUT2D eigenvalue weighted by Crippen LogP contribution is 2.17. The number of likely N-dealkylation sites (N-methyl/N-ethyl adjacent to an activating group) is 1. The molecule has 0 saturated heterocycles. The minimum atomic E-state index is -0.134. The lowest BCUT2D eigenvalue weighted by molar-refractivity contribution is 0.134. The van der Waals surface area contributed by atoms with Gasteiger partial charge in [0.15, 0.2) is 0 Å². The lowest BCUT2D eigenvalue weighted by Gasteiger charge is -2.23. The number of rotatable bonds is 5. The fraction of sp³-hybridized carbons (Fsp3) is 0.476. The Hall–Kier alpha value is -1.86. The van der Waals surface area contributed by atoms with Gasteiger partial charge in [0.1, 0.15) is 11.9 Å². The van der Waals surface area contributed by atoms with Gasteiger partial charge in [-0.05, 0) is 37.8 Å². The number of nitrogens with one attached hydrogen (secondary N) is 1. The highest BCUT2D eigenvalue weighted by atomic mass is 32.2. The summed E-state index contributed by atoms with van der Waals surface area (Å²) in [7, 11) is 0. The minimum absolute atomic E-state index is 0.134. The summed E-state index contributed by atoms with van der Waals surface area (Å²) in [5.74, 6) is 0.677. The van der Waals surface area contributed by atoms with Gasteiger partial charge >= 0.3 is 0 Å². The summed E-state index contributed by atoms with van der Waals surface area (Å²) >= 11 is 7.25. The Morgan fingerprint density at radius 2 is 2.25 bits per heavy atom. The van der Waals surface area contributed by atoms with Crippen LogP contribution in [0, 0.1) is 0 Å². The third kappa shape index (κ3) is 7.64. The average Bonchev–Trinajstić information content (AvgIpc) is 2.68. The third-order valence-corrected chi connectivity index (χ3v) is 5.18. The molecule has 0 radical (unpaired) electrons. The van der Waals surface area contributed by atoms with Crippen molar-refractivity contribution in [3.8, 4) is 0 Å². The molecule has 0 amide bonds. The lowest BCUT2D eigenvalue weighted by Crippen LogP contribution is -2.28. The second-order valence-electron chi connectivity index (χ2n) is 6.54. The number of ether oxygens (including phenoxy) is 1. The summed E-state index contributed by atoms with van der Waals surface area (Å²) in [4.78, 5) is 6.61. The molecule has 0 spiro atoms. The number of hydrogen-bond donors (Lipinski definition) is 1. The van der Waals surface area contributed by atoms with Crippen LogP contribution in [-0.4, -0.2) is 46.6 Å². The maximum absolute atomic E-state index is 6.09. The van der Waals surface area contributed by atoms with Crippen LogP contribution < -0.4 is 5.32 Å². The van der Waals surface area contributed by atoms with Crippen LogP contribution in [0.4, 0.5) is 0 Å². The Kier molecular flexibility index (Phi) is 9.50. The normalized spacial score (nSPS) is 18.7. The fourth-order valence-corrected chi connectivity index (χ4v) is 3.42. The molecule has 1 N–H and O–H groups in total. The van der Waals surface area contributed by atoms with E-state index in [1.807, 2.05) is 11.1 Å². The van der Waals surface area contributed by atoms with E-state index in [1.165, 1.54) is 0 Å². The smallest absolute Gasteiger partial charge is 0.123 e. The molecule has 1 aliphatic rings. The molecule has 0 fully saturated rings. The van der Waals surface area contributed by atoms with Crippen LogP contribution in [0.15, 0.2) is 46.6 Å². The SMILES string of the molecule is C=C1CN(CC)N=Cc2cc(SC)cc(n2)CNC(=S)CC(/C=C/CCC)O1. The minimum Gasteiger partial charge on any atom is -0.489 e. The van der Waals surface area contributed by atoms with Crippen molar-refractivity contribution in [1.82, 2.24) is 15.3 Å². The summed E-state index contributed by atoms with van der Waals surface area (Å²) in [5, 5.41) is 9.81. The largest absolute Gasteiger partial charge is 0.489 e. The number of aromatic nitrogens is 1. The third-order valence-electron chi connectivity index (χ3n) is 4.16. The molecule has 5 nitrogen and oxygen atoms in total. The van der Waals surface area contributed by atoms with E-state index in [0.29, 0.717) is 25.3 Å². The van der Waals surface area contributed by atoms with Gasteiger partial charge in [0, 0.05) is 17.9 Å².